The Bertz CT molecular complexity index is 495. The molecule has 0 aliphatic heterocycles. The third kappa shape index (κ3) is 5.73. The van der Waals surface area contributed by atoms with E-state index in [-0.39, 0.29) is 42.1 Å². The molecule has 2 N–H and O–H groups in total. The summed E-state index contributed by atoms with van der Waals surface area (Å²) in [5, 5.41) is 5.35. The Morgan fingerprint density at radius 3 is 2.50 bits per heavy atom. The number of hydrogen-bond acceptors (Lipinski definition) is 3. The van der Waals surface area contributed by atoms with Gasteiger partial charge in [0.2, 0.25) is 5.91 Å². The van der Waals surface area contributed by atoms with Crippen molar-refractivity contribution < 1.29 is 22.7 Å². The molecule has 0 spiro atoms. The van der Waals surface area contributed by atoms with Crippen LogP contribution in [0.5, 0.6) is 5.75 Å². The van der Waals surface area contributed by atoms with Crippen molar-refractivity contribution >= 4 is 18.3 Å². The molecule has 0 radical (unpaired) electrons. The zero-order valence-corrected chi connectivity index (χ0v) is 13.4. The first kappa shape index (κ1) is 20.5. The minimum Gasteiger partial charge on any atom is -0.497 e. The molecule has 22 heavy (non-hydrogen) atoms. The average Bonchev–Trinajstić information content (AvgIpc) is 2.43. The van der Waals surface area contributed by atoms with Crippen molar-refractivity contribution in [2.24, 2.45) is 5.92 Å². The fourth-order valence-electron chi connectivity index (χ4n) is 1.86. The number of nitrogens with one attached hydrogen (secondary N) is 2. The summed E-state index contributed by atoms with van der Waals surface area (Å²) in [6.07, 6.45) is -4.49. The molecule has 4 nitrogen and oxygen atoms in total. The van der Waals surface area contributed by atoms with Crippen LogP contribution < -0.4 is 15.4 Å². The first-order chi connectivity index (χ1) is 9.79. The molecular formula is C14H20ClF3N2O2. The molecule has 1 aromatic rings. The van der Waals surface area contributed by atoms with Gasteiger partial charge in [0.1, 0.15) is 5.75 Å². The van der Waals surface area contributed by atoms with E-state index >= 15 is 0 Å². The van der Waals surface area contributed by atoms with Crippen LogP contribution >= 0.6 is 12.4 Å². The summed E-state index contributed by atoms with van der Waals surface area (Å²) in [5.41, 5.74) is -0.795. The summed E-state index contributed by atoms with van der Waals surface area (Å²) < 4.78 is 43.8. The van der Waals surface area contributed by atoms with Gasteiger partial charge in [-0.15, -0.1) is 12.4 Å². The van der Waals surface area contributed by atoms with E-state index in [0.717, 1.165) is 6.07 Å². The summed E-state index contributed by atoms with van der Waals surface area (Å²) in [6.45, 7) is 1.98. The third-order valence-electron chi connectivity index (χ3n) is 3.03. The van der Waals surface area contributed by atoms with Gasteiger partial charge in [-0.25, -0.2) is 0 Å². The highest BCUT2D eigenvalue weighted by molar-refractivity contribution is 5.85. The van der Waals surface area contributed by atoms with Crippen LogP contribution in [0.4, 0.5) is 13.2 Å². The van der Waals surface area contributed by atoms with E-state index in [1.807, 2.05) is 0 Å². The van der Waals surface area contributed by atoms with E-state index in [2.05, 4.69) is 10.6 Å². The number of methoxy groups -OCH3 is 1. The van der Waals surface area contributed by atoms with Crippen molar-refractivity contribution in [3.63, 3.8) is 0 Å². The zero-order valence-electron chi connectivity index (χ0n) is 12.6. The number of carbonyl (C=O) groups excluding carboxylic acids is 1. The molecule has 0 bridgehead atoms. The maximum atomic E-state index is 13.0. The van der Waals surface area contributed by atoms with Gasteiger partial charge < -0.3 is 15.4 Å². The number of halogens is 4. The maximum Gasteiger partial charge on any atom is 0.416 e. The summed E-state index contributed by atoms with van der Waals surface area (Å²) in [7, 11) is 3.01. The van der Waals surface area contributed by atoms with Crippen molar-refractivity contribution in [1.82, 2.24) is 10.6 Å². The van der Waals surface area contributed by atoms with Gasteiger partial charge in [0, 0.05) is 19.0 Å². The normalized spacial score (nSPS) is 12.3. The third-order valence-corrected chi connectivity index (χ3v) is 3.03. The lowest BCUT2D eigenvalue weighted by Gasteiger charge is -2.16. The lowest BCUT2D eigenvalue weighted by molar-refractivity contribution is -0.138. The highest BCUT2D eigenvalue weighted by atomic mass is 35.5. The zero-order chi connectivity index (χ0) is 16.0. The second-order valence-corrected chi connectivity index (χ2v) is 4.70. The van der Waals surface area contributed by atoms with Gasteiger partial charge >= 0.3 is 6.18 Å². The largest absolute Gasteiger partial charge is 0.497 e. The highest BCUT2D eigenvalue weighted by Crippen LogP contribution is 2.34. The average molecular weight is 341 g/mol. The number of rotatable bonds is 6. The van der Waals surface area contributed by atoms with E-state index < -0.39 is 11.7 Å². The van der Waals surface area contributed by atoms with Crippen molar-refractivity contribution in [3.8, 4) is 5.75 Å². The number of hydrogen-bond donors (Lipinski definition) is 2. The molecule has 0 aliphatic rings. The van der Waals surface area contributed by atoms with Crippen molar-refractivity contribution in [1.29, 1.82) is 0 Å². The van der Waals surface area contributed by atoms with Gasteiger partial charge in [-0.2, -0.15) is 13.2 Å². The number of alkyl halides is 3. The molecule has 0 heterocycles. The fourth-order valence-corrected chi connectivity index (χ4v) is 1.86. The molecule has 0 aromatic heterocycles. The smallest absolute Gasteiger partial charge is 0.416 e. The molecule has 8 heteroatoms. The van der Waals surface area contributed by atoms with Crippen molar-refractivity contribution in [3.05, 3.63) is 29.3 Å². The second kappa shape index (κ2) is 8.85. The Labute approximate surface area is 133 Å². The topological polar surface area (TPSA) is 50.4 Å². The Kier molecular flexibility index (Phi) is 8.26. The molecule has 1 unspecified atom stereocenters. The van der Waals surface area contributed by atoms with Crippen LogP contribution in [0.3, 0.4) is 0 Å². The van der Waals surface area contributed by atoms with Gasteiger partial charge in [-0.05, 0) is 24.7 Å². The molecule has 1 rings (SSSR count). The highest BCUT2D eigenvalue weighted by Gasteiger charge is 2.33. The molecule has 0 saturated carbocycles. The molecular weight excluding hydrogens is 321 g/mol. The van der Waals surface area contributed by atoms with Gasteiger partial charge in [-0.3, -0.25) is 4.79 Å². The molecule has 126 valence electrons. The fraction of sp³-hybridized carbons (Fsp3) is 0.500. The lowest BCUT2D eigenvalue weighted by Crippen LogP contribution is -2.34. The van der Waals surface area contributed by atoms with Crippen molar-refractivity contribution in [2.75, 3.05) is 20.7 Å². The Hall–Kier alpha value is -1.47. The number of amides is 1. The maximum absolute atomic E-state index is 13.0. The predicted molar refractivity (Wildman–Crippen MR) is 80.2 cm³/mol. The lowest BCUT2D eigenvalue weighted by atomic mass is 10.1. The van der Waals surface area contributed by atoms with Crippen LogP contribution in [0, 0.1) is 5.92 Å². The van der Waals surface area contributed by atoms with Crippen LogP contribution in [0.2, 0.25) is 0 Å². The van der Waals surface area contributed by atoms with E-state index in [4.69, 9.17) is 4.74 Å². The van der Waals surface area contributed by atoms with Gasteiger partial charge in [0.15, 0.2) is 0 Å². The van der Waals surface area contributed by atoms with E-state index in [0.29, 0.717) is 6.54 Å². The minimum atomic E-state index is -4.49. The van der Waals surface area contributed by atoms with Crippen LogP contribution in [0.1, 0.15) is 18.1 Å². The van der Waals surface area contributed by atoms with Crippen LogP contribution in [-0.2, 0) is 17.5 Å². The van der Waals surface area contributed by atoms with Crippen LogP contribution in [-0.4, -0.2) is 26.6 Å². The standard InChI is InChI=1S/C14H19F3N2O2.ClH/c1-9(7-18-2)13(20)19-8-10-4-5-11(21-3)6-12(10)14(15,16)17;/h4-6,9,18H,7-8H2,1-3H3,(H,19,20);1H. The van der Waals surface area contributed by atoms with Gasteiger partial charge in [-0.1, -0.05) is 13.0 Å². The molecule has 0 fully saturated rings. The molecule has 1 atom stereocenters. The summed E-state index contributed by atoms with van der Waals surface area (Å²) in [4.78, 5) is 11.7. The first-order valence-electron chi connectivity index (χ1n) is 6.46. The quantitative estimate of drug-likeness (QED) is 0.837. The van der Waals surface area contributed by atoms with E-state index in [9.17, 15) is 18.0 Å². The summed E-state index contributed by atoms with van der Waals surface area (Å²) >= 11 is 0. The second-order valence-electron chi connectivity index (χ2n) is 4.70. The molecule has 0 saturated heterocycles. The first-order valence-corrected chi connectivity index (χ1v) is 6.46. The van der Waals surface area contributed by atoms with Gasteiger partial charge in [0.05, 0.1) is 12.7 Å². The molecule has 0 aliphatic carbocycles. The SMILES string of the molecule is CNCC(C)C(=O)NCc1ccc(OC)cc1C(F)(F)F.Cl. The van der Waals surface area contributed by atoms with Crippen LogP contribution in [0.15, 0.2) is 18.2 Å². The number of benzene rings is 1. The van der Waals surface area contributed by atoms with Gasteiger partial charge in [0.25, 0.3) is 0 Å². The molecule has 1 aromatic carbocycles. The molecule has 1 amide bonds. The minimum absolute atomic E-state index is 0. The monoisotopic (exact) mass is 340 g/mol. The van der Waals surface area contributed by atoms with E-state index in [1.165, 1.54) is 19.2 Å². The number of carbonyl (C=O) groups is 1. The Morgan fingerprint density at radius 1 is 1.36 bits per heavy atom. The Morgan fingerprint density at radius 2 is 2.00 bits per heavy atom. The van der Waals surface area contributed by atoms with Crippen molar-refractivity contribution in [2.45, 2.75) is 19.6 Å². The summed E-state index contributed by atoms with van der Waals surface area (Å²) in [5.74, 6) is -0.489. The summed E-state index contributed by atoms with van der Waals surface area (Å²) in [6, 6.07) is 3.68. The van der Waals surface area contributed by atoms with Crippen LogP contribution in [0.25, 0.3) is 0 Å². The van der Waals surface area contributed by atoms with E-state index in [1.54, 1.807) is 14.0 Å². The predicted octanol–water partition coefficient (Wildman–Crippen LogP) is 2.61. The Balaban J connectivity index is 0.00000441. The number of ether oxygens (including phenoxy) is 1.